The van der Waals surface area contributed by atoms with Crippen LogP contribution in [0.15, 0.2) is 30.5 Å². The molecule has 1 aromatic heterocycles. The smallest absolute Gasteiger partial charge is 0.319 e. The molecule has 0 bridgehead atoms. The first-order chi connectivity index (χ1) is 8.56. The van der Waals surface area contributed by atoms with Crippen LogP contribution in [0.1, 0.15) is 18.6 Å². The molecule has 2 rings (SSSR count). The van der Waals surface area contributed by atoms with E-state index in [0.29, 0.717) is 0 Å². The second kappa shape index (κ2) is 5.47. The highest BCUT2D eigenvalue weighted by atomic mass is 127. The Kier molecular flexibility index (Phi) is 3.95. The molecule has 1 unspecified atom stereocenters. The van der Waals surface area contributed by atoms with Crippen molar-refractivity contribution in [1.29, 1.82) is 0 Å². The van der Waals surface area contributed by atoms with Gasteiger partial charge in [-0.3, -0.25) is 0 Å². The van der Waals surface area contributed by atoms with Gasteiger partial charge in [-0.05, 0) is 47.2 Å². The molecule has 1 atom stereocenters. The van der Waals surface area contributed by atoms with E-state index in [1.165, 1.54) is 0 Å². The van der Waals surface area contributed by atoms with Gasteiger partial charge >= 0.3 is 6.01 Å². The van der Waals surface area contributed by atoms with Crippen molar-refractivity contribution in [3.8, 4) is 6.01 Å². The second-order valence-corrected chi connectivity index (χ2v) is 4.95. The molecule has 2 N–H and O–H groups in total. The standard InChI is InChI=1S/C12H11FIN3O/c1-7(8-3-2-4-9(14)5-8)18-12-16-6-10(13)11(15)17-12/h2-7H,1H3,(H2,15,16,17). The van der Waals surface area contributed by atoms with Crippen LogP contribution in [0, 0.1) is 9.39 Å². The minimum Gasteiger partial charge on any atom is -0.456 e. The van der Waals surface area contributed by atoms with Crippen molar-refractivity contribution in [2.75, 3.05) is 5.73 Å². The van der Waals surface area contributed by atoms with Gasteiger partial charge in [-0.2, -0.15) is 4.98 Å². The maximum absolute atomic E-state index is 12.9. The van der Waals surface area contributed by atoms with E-state index >= 15 is 0 Å². The van der Waals surface area contributed by atoms with Crippen molar-refractivity contribution in [1.82, 2.24) is 9.97 Å². The lowest BCUT2D eigenvalue weighted by Crippen LogP contribution is -2.07. The highest BCUT2D eigenvalue weighted by molar-refractivity contribution is 14.1. The van der Waals surface area contributed by atoms with Crippen LogP contribution in [0.2, 0.25) is 0 Å². The van der Waals surface area contributed by atoms with Crippen LogP contribution in [0.4, 0.5) is 10.2 Å². The van der Waals surface area contributed by atoms with E-state index in [2.05, 4.69) is 32.6 Å². The van der Waals surface area contributed by atoms with Crippen LogP contribution >= 0.6 is 22.6 Å². The molecule has 0 spiro atoms. The Morgan fingerprint density at radius 3 is 2.89 bits per heavy atom. The van der Waals surface area contributed by atoms with Crippen LogP contribution in [0.25, 0.3) is 0 Å². The van der Waals surface area contributed by atoms with Gasteiger partial charge in [0.25, 0.3) is 0 Å². The number of nitrogen functional groups attached to an aromatic ring is 1. The minimum absolute atomic E-state index is 0.0697. The number of anilines is 1. The number of hydrogen-bond donors (Lipinski definition) is 1. The van der Waals surface area contributed by atoms with Crippen LogP contribution in [-0.2, 0) is 0 Å². The van der Waals surface area contributed by atoms with Gasteiger partial charge in [0.1, 0.15) is 6.10 Å². The minimum atomic E-state index is -0.649. The molecule has 18 heavy (non-hydrogen) atoms. The van der Waals surface area contributed by atoms with E-state index in [4.69, 9.17) is 10.5 Å². The summed E-state index contributed by atoms with van der Waals surface area (Å²) in [7, 11) is 0. The van der Waals surface area contributed by atoms with E-state index in [9.17, 15) is 4.39 Å². The fourth-order valence-corrected chi connectivity index (χ4v) is 1.97. The monoisotopic (exact) mass is 359 g/mol. The molecular formula is C12H11FIN3O. The van der Waals surface area contributed by atoms with Crippen LogP contribution in [0.5, 0.6) is 6.01 Å². The maximum Gasteiger partial charge on any atom is 0.319 e. The Hall–Kier alpha value is -1.44. The van der Waals surface area contributed by atoms with Crippen molar-refractivity contribution in [3.63, 3.8) is 0 Å². The first-order valence-corrected chi connectivity index (χ1v) is 6.34. The Morgan fingerprint density at radius 2 is 2.22 bits per heavy atom. The zero-order valence-corrected chi connectivity index (χ0v) is 11.8. The molecule has 0 amide bonds. The molecule has 6 heteroatoms. The summed E-state index contributed by atoms with van der Waals surface area (Å²) in [5, 5.41) is 0. The van der Waals surface area contributed by atoms with Gasteiger partial charge in [0.2, 0.25) is 0 Å². The van der Waals surface area contributed by atoms with Crippen LogP contribution in [-0.4, -0.2) is 9.97 Å². The fraction of sp³-hybridized carbons (Fsp3) is 0.167. The lowest BCUT2D eigenvalue weighted by atomic mass is 10.1. The number of rotatable bonds is 3. The first kappa shape index (κ1) is 13.0. The number of halogens is 2. The van der Waals surface area contributed by atoms with Crippen molar-refractivity contribution < 1.29 is 9.13 Å². The average molecular weight is 359 g/mol. The van der Waals surface area contributed by atoms with Crippen molar-refractivity contribution >= 4 is 28.4 Å². The predicted octanol–water partition coefficient (Wildman–Crippen LogP) is 2.94. The Labute approximate surface area is 118 Å². The largest absolute Gasteiger partial charge is 0.456 e. The molecule has 94 valence electrons. The summed E-state index contributed by atoms with van der Waals surface area (Å²) < 4.78 is 19.5. The van der Waals surface area contributed by atoms with E-state index in [0.717, 1.165) is 15.3 Å². The van der Waals surface area contributed by atoms with Crippen molar-refractivity contribution in [2.45, 2.75) is 13.0 Å². The number of nitrogens with two attached hydrogens (primary N) is 1. The number of hydrogen-bond acceptors (Lipinski definition) is 4. The number of benzene rings is 1. The predicted molar refractivity (Wildman–Crippen MR) is 74.6 cm³/mol. The summed E-state index contributed by atoms with van der Waals surface area (Å²) in [6.07, 6.45) is 0.767. The van der Waals surface area contributed by atoms with Crippen LogP contribution < -0.4 is 10.5 Å². The third-order valence-electron chi connectivity index (χ3n) is 2.35. The zero-order chi connectivity index (χ0) is 13.1. The Bertz CT molecular complexity index is 565. The molecule has 0 saturated heterocycles. The second-order valence-electron chi connectivity index (χ2n) is 3.70. The Morgan fingerprint density at radius 1 is 1.44 bits per heavy atom. The van der Waals surface area contributed by atoms with E-state index < -0.39 is 5.82 Å². The maximum atomic E-state index is 12.9. The SMILES string of the molecule is CC(Oc1ncc(F)c(N)n1)c1cccc(I)c1. The highest BCUT2D eigenvalue weighted by Crippen LogP contribution is 2.21. The van der Waals surface area contributed by atoms with Gasteiger partial charge in [-0.1, -0.05) is 12.1 Å². The third kappa shape index (κ3) is 3.06. The van der Waals surface area contributed by atoms with Gasteiger partial charge < -0.3 is 10.5 Å². The van der Waals surface area contributed by atoms with Gasteiger partial charge in [0.15, 0.2) is 11.6 Å². The quantitative estimate of drug-likeness (QED) is 0.857. The molecule has 0 fully saturated rings. The van der Waals surface area contributed by atoms with E-state index in [1.807, 2.05) is 31.2 Å². The molecular weight excluding hydrogens is 348 g/mol. The van der Waals surface area contributed by atoms with E-state index in [-0.39, 0.29) is 17.9 Å². The molecule has 4 nitrogen and oxygen atoms in total. The summed E-state index contributed by atoms with van der Waals surface area (Å²) >= 11 is 2.22. The Balaban J connectivity index is 2.16. The summed E-state index contributed by atoms with van der Waals surface area (Å²) in [4.78, 5) is 7.47. The number of aromatic nitrogens is 2. The normalized spacial score (nSPS) is 12.2. The van der Waals surface area contributed by atoms with Gasteiger partial charge in [0.05, 0.1) is 6.20 Å². The fourth-order valence-electron chi connectivity index (χ4n) is 1.41. The first-order valence-electron chi connectivity index (χ1n) is 5.26. The summed E-state index contributed by atoms with van der Waals surface area (Å²) in [5.74, 6) is -0.862. The molecule has 0 aliphatic heterocycles. The molecule has 0 aliphatic rings. The lowest BCUT2D eigenvalue weighted by molar-refractivity contribution is 0.207. The van der Waals surface area contributed by atoms with Crippen molar-refractivity contribution in [2.24, 2.45) is 0 Å². The number of nitrogens with zero attached hydrogens (tertiary/aromatic N) is 2. The topological polar surface area (TPSA) is 61.0 Å². The van der Waals surface area contributed by atoms with Crippen LogP contribution in [0.3, 0.4) is 0 Å². The average Bonchev–Trinajstić information content (AvgIpc) is 2.34. The van der Waals surface area contributed by atoms with Gasteiger partial charge in [0, 0.05) is 3.57 Å². The van der Waals surface area contributed by atoms with Crippen molar-refractivity contribution in [3.05, 3.63) is 45.4 Å². The summed E-state index contributed by atoms with van der Waals surface area (Å²) in [6.45, 7) is 1.87. The zero-order valence-electron chi connectivity index (χ0n) is 9.60. The molecule has 0 radical (unpaired) electrons. The molecule has 0 aliphatic carbocycles. The molecule has 0 saturated carbocycles. The lowest BCUT2D eigenvalue weighted by Gasteiger charge is -2.13. The molecule has 1 heterocycles. The summed E-state index contributed by atoms with van der Waals surface area (Å²) in [6, 6.07) is 7.94. The van der Waals surface area contributed by atoms with Gasteiger partial charge in [-0.25, -0.2) is 9.37 Å². The molecule has 2 aromatic rings. The third-order valence-corrected chi connectivity index (χ3v) is 3.02. The van der Waals surface area contributed by atoms with Gasteiger partial charge in [-0.15, -0.1) is 0 Å². The molecule has 1 aromatic carbocycles. The highest BCUT2D eigenvalue weighted by Gasteiger charge is 2.11. The number of ether oxygens (including phenoxy) is 1. The van der Waals surface area contributed by atoms with E-state index in [1.54, 1.807) is 0 Å². The summed E-state index contributed by atoms with van der Waals surface area (Å²) in [5.41, 5.74) is 6.35.